The van der Waals surface area contributed by atoms with Gasteiger partial charge in [-0.2, -0.15) is 0 Å². The number of nitrogens with zero attached hydrogens (tertiary/aromatic N) is 2. The zero-order valence-corrected chi connectivity index (χ0v) is 20.5. The molecule has 2 aromatic rings. The molecule has 174 valence electrons. The molecule has 1 N–H and O–H groups in total. The molecule has 0 saturated carbocycles. The lowest BCUT2D eigenvalue weighted by molar-refractivity contribution is -0.140. The van der Waals surface area contributed by atoms with Gasteiger partial charge in [0.15, 0.2) is 0 Å². The predicted molar refractivity (Wildman–Crippen MR) is 128 cm³/mol. The standard InChI is InChI=1S/C24H33N3O4S/c1-7-21(24(29)25-5)26(15-20-11-9-8-10-18(20)3)23(28)16-27(32(6,30)31)22-14-17(2)12-13-19(22)4/h8-14,21H,7,15-16H2,1-6H3,(H,25,29). The molecule has 0 radical (unpaired) electrons. The molecule has 0 aliphatic rings. The summed E-state index contributed by atoms with van der Waals surface area (Å²) in [4.78, 5) is 27.6. The number of nitrogens with one attached hydrogen (secondary N) is 1. The van der Waals surface area contributed by atoms with E-state index in [1.807, 2.05) is 64.1 Å². The quantitative estimate of drug-likeness (QED) is 0.625. The van der Waals surface area contributed by atoms with Crippen molar-refractivity contribution in [3.05, 3.63) is 64.7 Å². The lowest BCUT2D eigenvalue weighted by atomic mass is 10.1. The highest BCUT2D eigenvalue weighted by molar-refractivity contribution is 7.92. The molecule has 0 heterocycles. The number of rotatable bonds is 9. The van der Waals surface area contributed by atoms with Crippen molar-refractivity contribution in [1.29, 1.82) is 0 Å². The summed E-state index contributed by atoms with van der Waals surface area (Å²) in [5, 5.41) is 2.62. The van der Waals surface area contributed by atoms with Gasteiger partial charge in [0.25, 0.3) is 0 Å². The van der Waals surface area contributed by atoms with Gasteiger partial charge in [0.2, 0.25) is 21.8 Å². The van der Waals surface area contributed by atoms with Gasteiger partial charge < -0.3 is 10.2 Å². The van der Waals surface area contributed by atoms with Crippen molar-refractivity contribution >= 4 is 27.5 Å². The Kier molecular flexibility index (Phi) is 8.44. The minimum absolute atomic E-state index is 0.210. The molecule has 2 aromatic carbocycles. The van der Waals surface area contributed by atoms with Crippen LogP contribution >= 0.6 is 0 Å². The predicted octanol–water partition coefficient (Wildman–Crippen LogP) is 2.93. The Morgan fingerprint density at radius 2 is 1.69 bits per heavy atom. The minimum atomic E-state index is -3.74. The molecule has 2 amide bonds. The van der Waals surface area contributed by atoms with E-state index in [4.69, 9.17) is 0 Å². The van der Waals surface area contributed by atoms with E-state index < -0.39 is 22.0 Å². The van der Waals surface area contributed by atoms with Gasteiger partial charge in [-0.05, 0) is 55.5 Å². The van der Waals surface area contributed by atoms with Crippen LogP contribution in [-0.2, 0) is 26.2 Å². The maximum atomic E-state index is 13.5. The smallest absolute Gasteiger partial charge is 0.244 e. The van der Waals surface area contributed by atoms with Crippen molar-refractivity contribution in [3.8, 4) is 0 Å². The van der Waals surface area contributed by atoms with E-state index in [0.717, 1.165) is 32.8 Å². The Bertz CT molecular complexity index is 1080. The highest BCUT2D eigenvalue weighted by Gasteiger charge is 2.31. The number of aryl methyl sites for hydroxylation is 3. The van der Waals surface area contributed by atoms with Crippen LogP contribution < -0.4 is 9.62 Å². The third-order valence-electron chi connectivity index (χ3n) is 5.55. The summed E-state index contributed by atoms with van der Waals surface area (Å²) in [6.45, 7) is 7.27. The fourth-order valence-corrected chi connectivity index (χ4v) is 4.54. The Morgan fingerprint density at radius 1 is 1.03 bits per heavy atom. The van der Waals surface area contributed by atoms with Gasteiger partial charge in [0.05, 0.1) is 11.9 Å². The average Bonchev–Trinajstić information content (AvgIpc) is 2.73. The van der Waals surface area contributed by atoms with Crippen molar-refractivity contribution in [2.24, 2.45) is 0 Å². The molecular formula is C24H33N3O4S. The summed E-state index contributed by atoms with van der Waals surface area (Å²) >= 11 is 0. The van der Waals surface area contributed by atoms with Crippen LogP contribution in [0, 0.1) is 20.8 Å². The third-order valence-corrected chi connectivity index (χ3v) is 6.67. The molecule has 0 aromatic heterocycles. The fraction of sp³-hybridized carbons (Fsp3) is 0.417. The van der Waals surface area contributed by atoms with Gasteiger partial charge in [-0.15, -0.1) is 0 Å². The van der Waals surface area contributed by atoms with Crippen molar-refractivity contribution < 1.29 is 18.0 Å². The summed E-state index contributed by atoms with van der Waals surface area (Å²) in [6, 6.07) is 12.4. The Balaban J connectivity index is 2.49. The number of likely N-dealkylation sites (N-methyl/N-ethyl adjacent to an activating group) is 1. The number of hydrogen-bond acceptors (Lipinski definition) is 4. The molecule has 0 saturated heterocycles. The van der Waals surface area contributed by atoms with Crippen LogP contribution in [0.2, 0.25) is 0 Å². The van der Waals surface area contributed by atoms with Crippen molar-refractivity contribution in [2.45, 2.75) is 46.7 Å². The molecule has 1 atom stereocenters. The second kappa shape index (κ2) is 10.6. The minimum Gasteiger partial charge on any atom is -0.357 e. The second-order valence-corrected chi connectivity index (χ2v) is 9.95. The molecule has 0 aliphatic carbocycles. The Labute approximate surface area is 191 Å². The summed E-state index contributed by atoms with van der Waals surface area (Å²) in [7, 11) is -2.21. The zero-order valence-electron chi connectivity index (χ0n) is 19.7. The van der Waals surface area contributed by atoms with Gasteiger partial charge in [-0.3, -0.25) is 13.9 Å². The van der Waals surface area contributed by atoms with E-state index in [0.29, 0.717) is 12.1 Å². The van der Waals surface area contributed by atoms with Gasteiger partial charge >= 0.3 is 0 Å². The number of sulfonamides is 1. The molecule has 8 heteroatoms. The van der Waals surface area contributed by atoms with Gasteiger partial charge in [0.1, 0.15) is 12.6 Å². The van der Waals surface area contributed by atoms with Crippen LogP contribution in [0.5, 0.6) is 0 Å². The zero-order chi connectivity index (χ0) is 24.1. The molecule has 0 spiro atoms. The van der Waals surface area contributed by atoms with Crippen molar-refractivity contribution in [1.82, 2.24) is 10.2 Å². The topological polar surface area (TPSA) is 86.8 Å². The Hall–Kier alpha value is -2.87. The Morgan fingerprint density at radius 3 is 2.25 bits per heavy atom. The highest BCUT2D eigenvalue weighted by Crippen LogP contribution is 2.25. The number of benzene rings is 2. The number of hydrogen-bond donors (Lipinski definition) is 1. The largest absolute Gasteiger partial charge is 0.357 e. The molecule has 0 aliphatic heterocycles. The molecule has 0 fully saturated rings. The van der Waals surface area contributed by atoms with Crippen molar-refractivity contribution in [2.75, 3.05) is 24.2 Å². The molecule has 1 unspecified atom stereocenters. The van der Waals surface area contributed by atoms with Gasteiger partial charge in [-0.25, -0.2) is 8.42 Å². The van der Waals surface area contributed by atoms with E-state index in [9.17, 15) is 18.0 Å². The van der Waals surface area contributed by atoms with Crippen molar-refractivity contribution in [3.63, 3.8) is 0 Å². The van der Waals surface area contributed by atoms with Crippen LogP contribution in [-0.4, -0.2) is 51.0 Å². The van der Waals surface area contributed by atoms with Crippen LogP contribution in [0.4, 0.5) is 5.69 Å². The maximum absolute atomic E-state index is 13.5. The fourth-order valence-electron chi connectivity index (χ4n) is 3.64. The number of anilines is 1. The first-order valence-electron chi connectivity index (χ1n) is 10.6. The van der Waals surface area contributed by atoms with Crippen LogP contribution in [0.1, 0.15) is 35.6 Å². The summed E-state index contributed by atoms with van der Waals surface area (Å²) in [6.07, 6.45) is 1.49. The van der Waals surface area contributed by atoms with E-state index in [2.05, 4.69) is 5.32 Å². The van der Waals surface area contributed by atoms with E-state index in [1.54, 1.807) is 6.07 Å². The lowest BCUT2D eigenvalue weighted by Crippen LogP contribution is -2.51. The molecule has 32 heavy (non-hydrogen) atoms. The van der Waals surface area contributed by atoms with Gasteiger partial charge in [0, 0.05) is 13.6 Å². The second-order valence-electron chi connectivity index (χ2n) is 8.05. The number of amides is 2. The SMILES string of the molecule is CCC(C(=O)NC)N(Cc1ccccc1C)C(=O)CN(c1cc(C)ccc1C)S(C)(=O)=O. The number of carbonyl (C=O) groups excluding carboxylic acids is 2. The monoisotopic (exact) mass is 459 g/mol. The molecule has 2 rings (SSSR count). The summed E-state index contributed by atoms with van der Waals surface area (Å²) in [5.74, 6) is -0.720. The van der Waals surface area contributed by atoms with E-state index >= 15 is 0 Å². The average molecular weight is 460 g/mol. The lowest BCUT2D eigenvalue weighted by Gasteiger charge is -2.33. The molecular weight excluding hydrogens is 426 g/mol. The third kappa shape index (κ3) is 6.09. The summed E-state index contributed by atoms with van der Waals surface area (Å²) in [5.41, 5.74) is 4.00. The first kappa shape index (κ1) is 25.4. The van der Waals surface area contributed by atoms with Crippen LogP contribution in [0.15, 0.2) is 42.5 Å². The first-order valence-corrected chi connectivity index (χ1v) is 12.4. The number of carbonyl (C=O) groups is 2. The van der Waals surface area contributed by atoms with E-state index in [-0.39, 0.29) is 19.0 Å². The summed E-state index contributed by atoms with van der Waals surface area (Å²) < 4.78 is 26.5. The molecule has 7 nitrogen and oxygen atoms in total. The molecule has 0 bridgehead atoms. The van der Waals surface area contributed by atoms with E-state index in [1.165, 1.54) is 11.9 Å². The maximum Gasteiger partial charge on any atom is 0.244 e. The van der Waals surface area contributed by atoms with Gasteiger partial charge in [-0.1, -0.05) is 43.3 Å². The normalized spacial score (nSPS) is 12.2. The van der Waals surface area contributed by atoms with Crippen LogP contribution in [0.25, 0.3) is 0 Å². The van der Waals surface area contributed by atoms with Crippen LogP contribution in [0.3, 0.4) is 0 Å². The highest BCUT2D eigenvalue weighted by atomic mass is 32.2. The first-order chi connectivity index (χ1) is 15.0.